The number of amides is 1. The van der Waals surface area contributed by atoms with Gasteiger partial charge in [-0.05, 0) is 42.5 Å². The molecule has 7 nitrogen and oxygen atoms in total. The van der Waals surface area contributed by atoms with Gasteiger partial charge in [0, 0.05) is 11.6 Å². The monoisotopic (exact) mass is 498 g/mol. The highest BCUT2D eigenvalue weighted by molar-refractivity contribution is 7.14. The summed E-state index contributed by atoms with van der Waals surface area (Å²) in [5, 5.41) is 14.7. The molecule has 0 aliphatic carbocycles. The van der Waals surface area contributed by atoms with Gasteiger partial charge in [0.25, 0.3) is 5.91 Å². The zero-order valence-corrected chi connectivity index (χ0v) is 20.7. The van der Waals surface area contributed by atoms with Gasteiger partial charge in [-0.15, -0.1) is 22.7 Å². The molecule has 0 fully saturated rings. The second-order valence-electron chi connectivity index (χ2n) is 7.66. The summed E-state index contributed by atoms with van der Waals surface area (Å²) in [5.74, 6) is -0.472. The summed E-state index contributed by atoms with van der Waals surface area (Å²) >= 11 is 2.52. The maximum Gasteiger partial charge on any atom is 0.296 e. The number of ether oxygens (including phenoxy) is 2. The molecule has 1 aromatic carbocycles. The summed E-state index contributed by atoms with van der Waals surface area (Å²) in [7, 11) is 0. The van der Waals surface area contributed by atoms with Crippen molar-refractivity contribution >= 4 is 39.5 Å². The Morgan fingerprint density at radius 3 is 2.65 bits per heavy atom. The molecule has 0 saturated carbocycles. The molecule has 178 valence electrons. The van der Waals surface area contributed by atoms with Crippen molar-refractivity contribution in [3.8, 4) is 11.5 Å². The number of rotatable bonds is 11. The number of Topliss-reactive ketones (excluding diaryl/α,β-unsaturated/α-hetero) is 1. The number of carbonyl (C=O) groups is 2. The van der Waals surface area contributed by atoms with Gasteiger partial charge in [0.2, 0.25) is 5.78 Å². The number of anilines is 1. The minimum atomic E-state index is -0.846. The van der Waals surface area contributed by atoms with E-state index in [0.717, 1.165) is 19.3 Å². The van der Waals surface area contributed by atoms with Crippen LogP contribution in [0.1, 0.15) is 54.4 Å². The van der Waals surface area contributed by atoms with Gasteiger partial charge in [-0.25, -0.2) is 4.98 Å². The van der Waals surface area contributed by atoms with E-state index in [9.17, 15) is 14.7 Å². The minimum Gasteiger partial charge on any atom is -0.503 e. The SMILES string of the molecule is CCCCCOc1ccc(C2C(C(=O)c3cccs3)=C(O)C(=O)N2c2nccs2)cc1OCC. The van der Waals surface area contributed by atoms with Gasteiger partial charge in [0.1, 0.15) is 0 Å². The van der Waals surface area contributed by atoms with Crippen molar-refractivity contribution in [3.63, 3.8) is 0 Å². The zero-order valence-electron chi connectivity index (χ0n) is 19.0. The highest BCUT2D eigenvalue weighted by Gasteiger charge is 2.46. The average molecular weight is 499 g/mol. The summed E-state index contributed by atoms with van der Waals surface area (Å²) < 4.78 is 11.8. The van der Waals surface area contributed by atoms with E-state index in [1.54, 1.807) is 47.3 Å². The standard InChI is InChI=1S/C25H26N2O5S2/c1-3-5-6-12-32-17-10-9-16(15-18(17)31-4-2)21-20(22(28)19-8-7-13-33-19)23(29)24(30)27(21)25-26-11-14-34-25/h7-11,13-15,21,29H,3-6,12H2,1-2H3. The molecule has 1 aliphatic rings. The number of hydrogen-bond acceptors (Lipinski definition) is 8. The van der Waals surface area contributed by atoms with Gasteiger partial charge in [-0.1, -0.05) is 31.9 Å². The fourth-order valence-corrected chi connectivity index (χ4v) is 5.19. The second kappa shape index (κ2) is 10.8. The Balaban J connectivity index is 1.76. The fourth-order valence-electron chi connectivity index (χ4n) is 3.84. The molecule has 9 heteroatoms. The molecule has 3 heterocycles. The van der Waals surface area contributed by atoms with Crippen LogP contribution >= 0.6 is 22.7 Å². The lowest BCUT2D eigenvalue weighted by molar-refractivity contribution is -0.117. The Labute approximate surface area is 206 Å². The Hall–Kier alpha value is -3.17. The van der Waals surface area contributed by atoms with Crippen molar-refractivity contribution in [2.45, 2.75) is 39.2 Å². The quantitative estimate of drug-likeness (QED) is 0.259. The number of aliphatic hydroxyl groups excluding tert-OH is 1. The molecule has 0 radical (unpaired) electrons. The molecule has 1 N–H and O–H groups in total. The Kier molecular flexibility index (Phi) is 7.64. The first-order valence-electron chi connectivity index (χ1n) is 11.2. The molecule has 1 unspecified atom stereocenters. The third-order valence-electron chi connectivity index (χ3n) is 5.41. The van der Waals surface area contributed by atoms with E-state index in [2.05, 4.69) is 11.9 Å². The lowest BCUT2D eigenvalue weighted by atomic mass is 9.95. The molecule has 1 amide bonds. The number of aliphatic hydroxyl groups is 1. The smallest absolute Gasteiger partial charge is 0.296 e. The maximum absolute atomic E-state index is 13.4. The van der Waals surface area contributed by atoms with Gasteiger partial charge in [0.15, 0.2) is 22.4 Å². The molecule has 0 bridgehead atoms. The first kappa shape index (κ1) is 24.0. The highest BCUT2D eigenvalue weighted by atomic mass is 32.1. The van der Waals surface area contributed by atoms with Crippen LogP contribution in [0, 0.1) is 0 Å². The summed E-state index contributed by atoms with van der Waals surface area (Å²) in [5.41, 5.74) is 0.651. The average Bonchev–Trinajstić information content (AvgIpc) is 3.60. The number of carbonyl (C=O) groups excluding carboxylic acids is 2. The highest BCUT2D eigenvalue weighted by Crippen LogP contribution is 2.44. The van der Waals surface area contributed by atoms with Crippen LogP contribution in [-0.2, 0) is 4.79 Å². The van der Waals surface area contributed by atoms with Gasteiger partial charge >= 0.3 is 0 Å². The van der Waals surface area contributed by atoms with E-state index in [4.69, 9.17) is 9.47 Å². The fraction of sp³-hybridized carbons (Fsp3) is 0.320. The van der Waals surface area contributed by atoms with Crippen LogP contribution < -0.4 is 14.4 Å². The van der Waals surface area contributed by atoms with Crippen molar-refractivity contribution in [1.29, 1.82) is 0 Å². The normalized spacial score (nSPS) is 15.8. The zero-order chi connectivity index (χ0) is 24.1. The summed E-state index contributed by atoms with van der Waals surface area (Å²) in [6.45, 7) is 5.02. The molecule has 0 spiro atoms. The topological polar surface area (TPSA) is 89.0 Å². The lowest BCUT2D eigenvalue weighted by Crippen LogP contribution is -2.31. The summed E-state index contributed by atoms with van der Waals surface area (Å²) in [6, 6.07) is 7.96. The first-order valence-corrected chi connectivity index (χ1v) is 13.0. The van der Waals surface area contributed by atoms with Crippen molar-refractivity contribution in [2.75, 3.05) is 18.1 Å². The Bertz CT molecular complexity index is 1170. The van der Waals surface area contributed by atoms with Crippen LogP contribution in [0.2, 0.25) is 0 Å². The van der Waals surface area contributed by atoms with Crippen molar-refractivity contribution < 1.29 is 24.2 Å². The van der Waals surface area contributed by atoms with Crippen LogP contribution in [0.3, 0.4) is 0 Å². The number of benzene rings is 1. The number of nitrogens with zero attached hydrogens (tertiary/aromatic N) is 2. The number of unbranched alkanes of at least 4 members (excludes halogenated alkanes) is 2. The van der Waals surface area contributed by atoms with Crippen LogP contribution in [0.15, 0.2) is 58.6 Å². The molecule has 2 aromatic heterocycles. The summed E-state index contributed by atoms with van der Waals surface area (Å²) in [6.07, 6.45) is 4.70. The molecule has 1 atom stereocenters. The molecular formula is C25H26N2O5S2. The van der Waals surface area contributed by atoms with Crippen molar-refractivity contribution in [1.82, 2.24) is 4.98 Å². The number of aromatic nitrogens is 1. The first-order chi connectivity index (χ1) is 16.6. The van der Waals surface area contributed by atoms with E-state index >= 15 is 0 Å². The molecular weight excluding hydrogens is 472 g/mol. The Morgan fingerprint density at radius 2 is 1.97 bits per heavy atom. The van der Waals surface area contributed by atoms with Gasteiger partial charge < -0.3 is 14.6 Å². The number of ketones is 1. The molecule has 3 aromatic rings. The van der Waals surface area contributed by atoms with Crippen LogP contribution in [0.5, 0.6) is 11.5 Å². The van der Waals surface area contributed by atoms with Gasteiger partial charge in [-0.2, -0.15) is 0 Å². The largest absolute Gasteiger partial charge is 0.503 e. The van der Waals surface area contributed by atoms with E-state index in [1.165, 1.54) is 27.6 Å². The number of thiophene rings is 1. The third-order valence-corrected chi connectivity index (χ3v) is 7.05. The maximum atomic E-state index is 13.4. The molecule has 0 saturated heterocycles. The van der Waals surface area contributed by atoms with Gasteiger partial charge in [0.05, 0.1) is 29.7 Å². The van der Waals surface area contributed by atoms with Crippen LogP contribution in [0.4, 0.5) is 5.13 Å². The van der Waals surface area contributed by atoms with E-state index < -0.39 is 17.7 Å². The lowest BCUT2D eigenvalue weighted by Gasteiger charge is -2.25. The third kappa shape index (κ3) is 4.71. The molecule has 34 heavy (non-hydrogen) atoms. The number of thiazole rings is 1. The van der Waals surface area contributed by atoms with Crippen LogP contribution in [0.25, 0.3) is 0 Å². The van der Waals surface area contributed by atoms with Crippen molar-refractivity contribution in [3.05, 3.63) is 69.1 Å². The van der Waals surface area contributed by atoms with E-state index in [-0.39, 0.29) is 11.4 Å². The number of hydrogen-bond donors (Lipinski definition) is 1. The summed E-state index contributed by atoms with van der Waals surface area (Å²) in [4.78, 5) is 32.6. The molecule has 4 rings (SSSR count). The molecule has 1 aliphatic heterocycles. The van der Waals surface area contributed by atoms with E-state index in [0.29, 0.717) is 40.3 Å². The van der Waals surface area contributed by atoms with Crippen molar-refractivity contribution in [2.24, 2.45) is 0 Å². The Morgan fingerprint density at radius 1 is 1.12 bits per heavy atom. The van der Waals surface area contributed by atoms with E-state index in [1.807, 2.05) is 6.92 Å². The second-order valence-corrected chi connectivity index (χ2v) is 9.48. The van der Waals surface area contributed by atoms with Crippen LogP contribution in [-0.4, -0.2) is 35.0 Å². The minimum absolute atomic E-state index is 0.0294. The predicted octanol–water partition coefficient (Wildman–Crippen LogP) is 5.96. The van der Waals surface area contributed by atoms with Gasteiger partial charge in [-0.3, -0.25) is 14.5 Å². The predicted molar refractivity (Wildman–Crippen MR) is 133 cm³/mol.